The van der Waals surface area contributed by atoms with Gasteiger partial charge in [-0.2, -0.15) is 0 Å². The number of carbonyl (C=O) groups is 1. The second kappa shape index (κ2) is 6.96. The van der Waals surface area contributed by atoms with E-state index in [-0.39, 0.29) is 5.91 Å². The van der Waals surface area contributed by atoms with Gasteiger partial charge in [0.05, 0.1) is 6.61 Å². The van der Waals surface area contributed by atoms with E-state index in [2.05, 4.69) is 23.2 Å². The fourth-order valence-corrected chi connectivity index (χ4v) is 3.92. The van der Waals surface area contributed by atoms with Gasteiger partial charge < -0.3 is 9.64 Å². The van der Waals surface area contributed by atoms with Crippen LogP contribution in [-0.2, 0) is 16.0 Å². The summed E-state index contributed by atoms with van der Waals surface area (Å²) in [5.74, 6) is 0.615. The fourth-order valence-electron chi connectivity index (χ4n) is 3.92. The van der Waals surface area contributed by atoms with Gasteiger partial charge in [-0.05, 0) is 54.9 Å². The number of nitrogens with zero attached hydrogens (tertiary/aromatic N) is 2. The summed E-state index contributed by atoms with van der Waals surface area (Å²) >= 11 is 0. The molecule has 4 nitrogen and oxygen atoms in total. The number of amides is 1. The van der Waals surface area contributed by atoms with Crippen LogP contribution in [-0.4, -0.2) is 35.5 Å². The number of carbonyl (C=O) groups excluding carboxylic acids is 1. The normalized spacial score (nSPS) is 21.0. The predicted molar refractivity (Wildman–Crippen MR) is 96.4 cm³/mol. The van der Waals surface area contributed by atoms with Gasteiger partial charge in [-0.25, -0.2) is 0 Å². The highest BCUT2D eigenvalue weighted by atomic mass is 16.5. The van der Waals surface area contributed by atoms with Crippen molar-refractivity contribution in [3.8, 4) is 0 Å². The van der Waals surface area contributed by atoms with Crippen molar-refractivity contribution in [3.05, 3.63) is 65.0 Å². The average Bonchev–Trinajstić information content (AvgIpc) is 2.68. The molecular formula is C21H24N2O2. The molecule has 2 aromatic rings. The van der Waals surface area contributed by atoms with Crippen molar-refractivity contribution in [2.45, 2.75) is 38.2 Å². The molecule has 3 heterocycles. The van der Waals surface area contributed by atoms with Crippen LogP contribution in [0.15, 0.2) is 42.6 Å². The molecule has 0 spiro atoms. The third kappa shape index (κ3) is 3.31. The van der Waals surface area contributed by atoms with E-state index >= 15 is 0 Å². The molecule has 0 saturated carbocycles. The number of benzene rings is 1. The number of hydrogen-bond acceptors (Lipinski definition) is 3. The number of pyridine rings is 1. The maximum atomic E-state index is 13.0. The lowest BCUT2D eigenvalue weighted by Gasteiger charge is -2.35. The molecule has 4 heteroatoms. The van der Waals surface area contributed by atoms with Gasteiger partial charge in [-0.1, -0.05) is 30.3 Å². The van der Waals surface area contributed by atoms with Crippen molar-refractivity contribution in [1.29, 1.82) is 0 Å². The number of piperidine rings is 1. The summed E-state index contributed by atoms with van der Waals surface area (Å²) in [6, 6.07) is 12.4. The lowest BCUT2D eigenvalue weighted by atomic mass is 9.89. The molecule has 1 aromatic carbocycles. The first kappa shape index (κ1) is 16.3. The molecule has 1 unspecified atom stereocenters. The lowest BCUT2D eigenvalue weighted by molar-refractivity contribution is -0.146. The largest absolute Gasteiger partial charge is 0.363 e. The van der Waals surface area contributed by atoms with Crippen molar-refractivity contribution in [3.63, 3.8) is 0 Å². The molecule has 0 N–H and O–H groups in total. The highest BCUT2D eigenvalue weighted by Crippen LogP contribution is 2.32. The number of aryl methyl sites for hydroxylation is 1. The van der Waals surface area contributed by atoms with Gasteiger partial charge in [0.15, 0.2) is 6.10 Å². The summed E-state index contributed by atoms with van der Waals surface area (Å²) in [5, 5.41) is 0. The average molecular weight is 336 g/mol. The highest BCUT2D eigenvalue weighted by Gasteiger charge is 2.33. The second-order valence-electron chi connectivity index (χ2n) is 7.03. The molecule has 0 radical (unpaired) electrons. The minimum Gasteiger partial charge on any atom is -0.363 e. The van der Waals surface area contributed by atoms with E-state index in [4.69, 9.17) is 4.74 Å². The van der Waals surface area contributed by atoms with Crippen molar-refractivity contribution >= 4 is 5.91 Å². The molecular weight excluding hydrogens is 312 g/mol. The van der Waals surface area contributed by atoms with Crippen LogP contribution in [0.4, 0.5) is 0 Å². The quantitative estimate of drug-likeness (QED) is 0.844. The zero-order valence-electron chi connectivity index (χ0n) is 14.6. The number of aromatic nitrogens is 1. The first-order valence-corrected chi connectivity index (χ1v) is 9.13. The van der Waals surface area contributed by atoms with E-state index in [1.54, 1.807) is 0 Å². The lowest BCUT2D eigenvalue weighted by Crippen LogP contribution is -2.42. The summed E-state index contributed by atoms with van der Waals surface area (Å²) < 4.78 is 5.84. The number of hydrogen-bond donors (Lipinski definition) is 0. The molecule has 1 fully saturated rings. The van der Waals surface area contributed by atoms with Crippen LogP contribution in [0, 0.1) is 6.92 Å². The summed E-state index contributed by atoms with van der Waals surface area (Å²) in [4.78, 5) is 19.4. The number of ether oxygens (including phenoxy) is 1. The van der Waals surface area contributed by atoms with Gasteiger partial charge in [-0.3, -0.25) is 9.78 Å². The number of likely N-dealkylation sites (tertiary alicyclic amines) is 1. The zero-order valence-corrected chi connectivity index (χ0v) is 14.6. The minimum absolute atomic E-state index is 0.118. The Hall–Kier alpha value is -2.20. The molecule has 2 aliphatic heterocycles. The van der Waals surface area contributed by atoms with Crippen LogP contribution < -0.4 is 0 Å². The molecule has 0 aliphatic carbocycles. The molecule has 1 atom stereocenters. The topological polar surface area (TPSA) is 42.4 Å². The Labute approximate surface area is 148 Å². The summed E-state index contributed by atoms with van der Waals surface area (Å²) in [6.45, 7) is 4.21. The fraction of sp³-hybridized carbons (Fsp3) is 0.429. The summed E-state index contributed by atoms with van der Waals surface area (Å²) in [6.07, 6.45) is 4.43. The second-order valence-corrected chi connectivity index (χ2v) is 7.03. The van der Waals surface area contributed by atoms with Crippen LogP contribution >= 0.6 is 0 Å². The van der Waals surface area contributed by atoms with Crippen LogP contribution in [0.5, 0.6) is 0 Å². The Morgan fingerprint density at radius 2 is 1.96 bits per heavy atom. The van der Waals surface area contributed by atoms with E-state index in [1.807, 2.05) is 36.2 Å². The van der Waals surface area contributed by atoms with Crippen molar-refractivity contribution < 1.29 is 9.53 Å². The maximum absolute atomic E-state index is 13.0. The first-order valence-electron chi connectivity index (χ1n) is 9.13. The Bertz CT molecular complexity index is 749. The molecule has 2 aliphatic rings. The molecule has 130 valence electrons. The van der Waals surface area contributed by atoms with Gasteiger partial charge in [-0.15, -0.1) is 0 Å². The van der Waals surface area contributed by atoms with E-state index in [1.165, 1.54) is 11.1 Å². The predicted octanol–water partition coefficient (Wildman–Crippen LogP) is 3.41. The van der Waals surface area contributed by atoms with E-state index in [9.17, 15) is 4.79 Å². The van der Waals surface area contributed by atoms with Gasteiger partial charge in [0.1, 0.15) is 0 Å². The standard InChI is InChI=1S/C21H24N2O2/c1-15-6-7-18(14-22-15)16-8-11-23(12-9-16)21(24)20-19-5-3-2-4-17(19)10-13-25-20/h2-7,14,16,20H,8-13H2,1H3. The SMILES string of the molecule is Cc1ccc(C2CCN(C(=O)C3OCCc4ccccc43)CC2)cn1. The molecule has 4 rings (SSSR count). The maximum Gasteiger partial charge on any atom is 0.256 e. The third-order valence-electron chi connectivity index (χ3n) is 5.43. The first-order chi connectivity index (χ1) is 12.2. The van der Waals surface area contributed by atoms with E-state index in [0.29, 0.717) is 12.5 Å². The van der Waals surface area contributed by atoms with Crippen LogP contribution in [0.25, 0.3) is 0 Å². The Morgan fingerprint density at radius 3 is 2.72 bits per heavy atom. The number of fused-ring (bicyclic) bond motifs is 1. The Morgan fingerprint density at radius 1 is 1.16 bits per heavy atom. The Balaban J connectivity index is 1.43. The zero-order chi connectivity index (χ0) is 17.2. The van der Waals surface area contributed by atoms with Gasteiger partial charge in [0.25, 0.3) is 5.91 Å². The molecule has 1 aromatic heterocycles. The van der Waals surface area contributed by atoms with Gasteiger partial charge >= 0.3 is 0 Å². The van der Waals surface area contributed by atoms with E-state index in [0.717, 1.165) is 43.6 Å². The molecule has 1 amide bonds. The molecule has 1 saturated heterocycles. The van der Waals surface area contributed by atoms with E-state index < -0.39 is 6.10 Å². The smallest absolute Gasteiger partial charge is 0.256 e. The third-order valence-corrected chi connectivity index (χ3v) is 5.43. The van der Waals surface area contributed by atoms with Crippen molar-refractivity contribution in [2.75, 3.05) is 19.7 Å². The van der Waals surface area contributed by atoms with Gasteiger partial charge in [0, 0.05) is 25.0 Å². The van der Waals surface area contributed by atoms with Crippen molar-refractivity contribution in [2.24, 2.45) is 0 Å². The van der Waals surface area contributed by atoms with Crippen LogP contribution in [0.2, 0.25) is 0 Å². The minimum atomic E-state index is -0.428. The molecule has 0 bridgehead atoms. The Kier molecular flexibility index (Phi) is 4.53. The monoisotopic (exact) mass is 336 g/mol. The molecule has 25 heavy (non-hydrogen) atoms. The highest BCUT2D eigenvalue weighted by molar-refractivity contribution is 5.83. The summed E-state index contributed by atoms with van der Waals surface area (Å²) in [5.41, 5.74) is 4.62. The van der Waals surface area contributed by atoms with Crippen LogP contribution in [0.3, 0.4) is 0 Å². The van der Waals surface area contributed by atoms with Crippen molar-refractivity contribution in [1.82, 2.24) is 9.88 Å². The van der Waals surface area contributed by atoms with Gasteiger partial charge in [0.2, 0.25) is 0 Å². The number of rotatable bonds is 2. The van der Waals surface area contributed by atoms with Crippen LogP contribution in [0.1, 0.15) is 47.2 Å². The summed E-state index contributed by atoms with van der Waals surface area (Å²) in [7, 11) is 0.